The molecule has 1 aliphatic heterocycles. The van der Waals surface area contributed by atoms with Crippen LogP contribution in [0, 0.1) is 13.8 Å². The maximum atomic E-state index is 12.5. The summed E-state index contributed by atoms with van der Waals surface area (Å²) in [5.74, 6) is -0.515. The molecule has 6 heteroatoms. The first-order valence-corrected chi connectivity index (χ1v) is 6.59. The summed E-state index contributed by atoms with van der Waals surface area (Å²) < 4.78 is 5.37. The van der Waals surface area contributed by atoms with Crippen LogP contribution in [0.25, 0.3) is 0 Å². The first-order chi connectivity index (χ1) is 9.97. The molecule has 0 radical (unpaired) electrons. The van der Waals surface area contributed by atoms with Gasteiger partial charge in [-0.15, -0.1) is 0 Å². The summed E-state index contributed by atoms with van der Waals surface area (Å²) in [7, 11) is 0. The highest BCUT2D eigenvalue weighted by Crippen LogP contribution is 2.30. The quantitative estimate of drug-likeness (QED) is 0.914. The highest BCUT2D eigenvalue weighted by molar-refractivity contribution is 6.06. The molecule has 3 rings (SSSR count). The Labute approximate surface area is 121 Å². The van der Waals surface area contributed by atoms with Crippen molar-refractivity contribution in [3.05, 3.63) is 46.7 Å². The monoisotopic (exact) mass is 286 g/mol. The zero-order valence-corrected chi connectivity index (χ0v) is 11.7. The molecule has 0 saturated heterocycles. The van der Waals surface area contributed by atoms with Crippen LogP contribution in [0.3, 0.4) is 0 Å². The van der Waals surface area contributed by atoms with Crippen LogP contribution in [0.15, 0.2) is 22.6 Å². The van der Waals surface area contributed by atoms with E-state index in [1.807, 2.05) is 0 Å². The van der Waals surface area contributed by atoms with E-state index < -0.39 is 5.97 Å². The van der Waals surface area contributed by atoms with E-state index in [-0.39, 0.29) is 17.2 Å². The van der Waals surface area contributed by atoms with E-state index in [0.717, 1.165) is 11.3 Å². The second-order valence-electron chi connectivity index (χ2n) is 5.00. The van der Waals surface area contributed by atoms with Gasteiger partial charge in [-0.25, -0.2) is 9.78 Å². The molecule has 1 N–H and O–H groups in total. The number of rotatable bonds is 2. The third-order valence-electron chi connectivity index (χ3n) is 3.56. The van der Waals surface area contributed by atoms with Crippen molar-refractivity contribution >= 4 is 17.6 Å². The fourth-order valence-corrected chi connectivity index (χ4v) is 2.60. The van der Waals surface area contributed by atoms with Gasteiger partial charge in [-0.2, -0.15) is 0 Å². The first kappa shape index (κ1) is 13.4. The van der Waals surface area contributed by atoms with Crippen LogP contribution in [-0.4, -0.2) is 28.5 Å². The predicted octanol–water partition coefficient (Wildman–Crippen LogP) is 2.19. The number of hydrogen-bond donors (Lipinski definition) is 1. The van der Waals surface area contributed by atoms with Crippen molar-refractivity contribution in [3.8, 4) is 0 Å². The Hall–Kier alpha value is -2.63. The molecule has 0 bridgehead atoms. The number of nitrogens with zero attached hydrogens (tertiary/aromatic N) is 2. The number of aromatic nitrogens is 1. The van der Waals surface area contributed by atoms with E-state index in [1.165, 1.54) is 6.07 Å². The number of carbonyl (C=O) groups is 2. The molecular weight excluding hydrogens is 272 g/mol. The maximum Gasteiger partial charge on any atom is 0.335 e. The average Bonchev–Trinajstić information content (AvgIpc) is 3.00. The molecule has 0 fully saturated rings. The van der Waals surface area contributed by atoms with Gasteiger partial charge in [0.05, 0.1) is 11.3 Å². The van der Waals surface area contributed by atoms with Gasteiger partial charge in [-0.1, -0.05) is 0 Å². The molecule has 6 nitrogen and oxygen atoms in total. The number of hydrogen-bond acceptors (Lipinski definition) is 4. The molecule has 21 heavy (non-hydrogen) atoms. The van der Waals surface area contributed by atoms with Crippen LogP contribution in [0.5, 0.6) is 0 Å². The Bertz CT molecular complexity index is 748. The van der Waals surface area contributed by atoms with Crippen molar-refractivity contribution in [2.45, 2.75) is 20.3 Å². The highest BCUT2D eigenvalue weighted by atomic mass is 16.4. The van der Waals surface area contributed by atoms with Crippen LogP contribution in [0.1, 0.15) is 38.1 Å². The Morgan fingerprint density at radius 2 is 2.10 bits per heavy atom. The topological polar surface area (TPSA) is 83.6 Å². The molecule has 1 amide bonds. The van der Waals surface area contributed by atoms with Crippen LogP contribution < -0.4 is 4.90 Å². The van der Waals surface area contributed by atoms with E-state index in [9.17, 15) is 9.59 Å². The summed E-state index contributed by atoms with van der Waals surface area (Å²) >= 11 is 0. The standard InChI is InChI=1S/C15H14N2O4/c1-8-13(21-9(2)16-8)14(18)17-6-5-10-7-11(15(19)20)3-4-12(10)17/h3-4,7H,5-6H2,1-2H3,(H,19,20). The number of carboxylic acid groups (broad SMARTS) is 1. The molecule has 0 aliphatic carbocycles. The fraction of sp³-hybridized carbons (Fsp3) is 0.267. The summed E-state index contributed by atoms with van der Waals surface area (Å²) in [4.78, 5) is 29.2. The molecule has 0 saturated carbocycles. The number of carboxylic acids is 1. The van der Waals surface area contributed by atoms with E-state index in [4.69, 9.17) is 9.52 Å². The van der Waals surface area contributed by atoms with Gasteiger partial charge in [0.1, 0.15) is 0 Å². The molecule has 0 atom stereocenters. The minimum atomic E-state index is -0.968. The summed E-state index contributed by atoms with van der Waals surface area (Å²) in [6.45, 7) is 3.94. The van der Waals surface area contributed by atoms with Crippen molar-refractivity contribution in [1.29, 1.82) is 0 Å². The van der Waals surface area contributed by atoms with Crippen LogP contribution in [0.2, 0.25) is 0 Å². The van der Waals surface area contributed by atoms with Gasteiger partial charge >= 0.3 is 5.97 Å². The summed E-state index contributed by atoms with van der Waals surface area (Å²) in [5.41, 5.74) is 2.39. The van der Waals surface area contributed by atoms with E-state index in [2.05, 4.69) is 4.98 Å². The van der Waals surface area contributed by atoms with Gasteiger partial charge in [0.25, 0.3) is 5.91 Å². The summed E-state index contributed by atoms with van der Waals surface area (Å²) in [6.07, 6.45) is 0.633. The number of aromatic carboxylic acids is 1. The van der Waals surface area contributed by atoms with Crippen LogP contribution >= 0.6 is 0 Å². The van der Waals surface area contributed by atoms with Crippen molar-refractivity contribution in [2.24, 2.45) is 0 Å². The molecule has 1 aromatic carbocycles. The molecular formula is C15H14N2O4. The number of anilines is 1. The fourth-order valence-electron chi connectivity index (χ4n) is 2.60. The first-order valence-electron chi connectivity index (χ1n) is 6.59. The van der Waals surface area contributed by atoms with E-state index in [1.54, 1.807) is 30.9 Å². The van der Waals surface area contributed by atoms with Gasteiger partial charge in [0.15, 0.2) is 5.89 Å². The minimum absolute atomic E-state index is 0.231. The SMILES string of the molecule is Cc1nc(C)c(C(=O)N2CCc3cc(C(=O)O)ccc32)o1. The lowest BCUT2D eigenvalue weighted by Crippen LogP contribution is -2.29. The van der Waals surface area contributed by atoms with E-state index in [0.29, 0.717) is 24.6 Å². The Morgan fingerprint density at radius 1 is 1.33 bits per heavy atom. The van der Waals surface area contributed by atoms with Crippen molar-refractivity contribution < 1.29 is 19.1 Å². The van der Waals surface area contributed by atoms with Gasteiger partial charge in [0.2, 0.25) is 5.76 Å². The molecule has 0 unspecified atom stereocenters. The van der Waals surface area contributed by atoms with Crippen molar-refractivity contribution in [1.82, 2.24) is 4.98 Å². The lowest BCUT2D eigenvalue weighted by Gasteiger charge is -2.16. The van der Waals surface area contributed by atoms with E-state index >= 15 is 0 Å². The highest BCUT2D eigenvalue weighted by Gasteiger charge is 2.29. The number of amides is 1. The number of carbonyl (C=O) groups excluding carboxylic acids is 1. The zero-order chi connectivity index (χ0) is 15.1. The van der Waals surface area contributed by atoms with Crippen LogP contribution in [0.4, 0.5) is 5.69 Å². The van der Waals surface area contributed by atoms with Gasteiger partial charge < -0.3 is 14.4 Å². The van der Waals surface area contributed by atoms with Crippen LogP contribution in [-0.2, 0) is 6.42 Å². The average molecular weight is 286 g/mol. The Morgan fingerprint density at radius 3 is 2.71 bits per heavy atom. The third-order valence-corrected chi connectivity index (χ3v) is 3.56. The lowest BCUT2D eigenvalue weighted by molar-refractivity contribution is 0.0696. The second-order valence-corrected chi connectivity index (χ2v) is 5.00. The van der Waals surface area contributed by atoms with Gasteiger partial charge in [-0.3, -0.25) is 4.79 Å². The largest absolute Gasteiger partial charge is 0.478 e. The predicted molar refractivity (Wildman–Crippen MR) is 74.8 cm³/mol. The molecule has 0 spiro atoms. The summed E-state index contributed by atoms with van der Waals surface area (Å²) in [5, 5.41) is 9.00. The maximum absolute atomic E-state index is 12.5. The third kappa shape index (κ3) is 2.18. The molecule has 108 valence electrons. The van der Waals surface area contributed by atoms with Gasteiger partial charge in [-0.05, 0) is 37.1 Å². The number of fused-ring (bicyclic) bond motifs is 1. The molecule has 2 aromatic rings. The minimum Gasteiger partial charge on any atom is -0.478 e. The molecule has 1 aromatic heterocycles. The second kappa shape index (κ2) is 4.73. The number of benzene rings is 1. The normalized spacial score (nSPS) is 13.3. The molecule has 1 aliphatic rings. The zero-order valence-electron chi connectivity index (χ0n) is 11.7. The van der Waals surface area contributed by atoms with Crippen molar-refractivity contribution in [2.75, 3.05) is 11.4 Å². The van der Waals surface area contributed by atoms with Crippen molar-refractivity contribution in [3.63, 3.8) is 0 Å². The van der Waals surface area contributed by atoms with Gasteiger partial charge in [0, 0.05) is 19.2 Å². The summed E-state index contributed by atoms with van der Waals surface area (Å²) in [6, 6.07) is 4.79. The Balaban J connectivity index is 1.96. The smallest absolute Gasteiger partial charge is 0.335 e. The number of aryl methyl sites for hydroxylation is 2. The number of oxazole rings is 1. The lowest BCUT2D eigenvalue weighted by atomic mass is 10.1. The molecule has 2 heterocycles. The Kier molecular flexibility index (Phi) is 3.01.